The van der Waals surface area contributed by atoms with E-state index >= 15 is 0 Å². The molecule has 1 aromatic carbocycles. The maximum atomic E-state index is 12.4. The second-order valence-electron chi connectivity index (χ2n) is 6.31. The van der Waals surface area contributed by atoms with Crippen molar-refractivity contribution in [3.05, 3.63) is 58.0 Å². The molecule has 1 fully saturated rings. The van der Waals surface area contributed by atoms with E-state index in [1.165, 1.54) is 10.2 Å². The van der Waals surface area contributed by atoms with Crippen molar-refractivity contribution in [1.82, 2.24) is 15.1 Å². The van der Waals surface area contributed by atoms with Crippen LogP contribution in [-0.2, 0) is 18.4 Å². The van der Waals surface area contributed by atoms with Gasteiger partial charge in [-0.2, -0.15) is 5.10 Å². The molecule has 1 saturated heterocycles. The number of anilines is 1. The van der Waals surface area contributed by atoms with Gasteiger partial charge >= 0.3 is 0 Å². The lowest BCUT2D eigenvalue weighted by Crippen LogP contribution is -2.32. The molecule has 1 unspecified atom stereocenters. The van der Waals surface area contributed by atoms with Crippen molar-refractivity contribution in [3.8, 4) is 0 Å². The first kappa shape index (κ1) is 16.2. The molecule has 2 heterocycles. The van der Waals surface area contributed by atoms with Crippen LogP contribution in [0.5, 0.6) is 0 Å². The largest absolute Gasteiger partial charge is 0.369 e. The Kier molecular flexibility index (Phi) is 4.64. The fraction of sp³-hybridized carbons (Fsp3) is 0.389. The number of hydrogen-bond donors (Lipinski definition) is 1. The molecule has 1 aliphatic heterocycles. The van der Waals surface area contributed by atoms with Crippen LogP contribution in [0.25, 0.3) is 0 Å². The van der Waals surface area contributed by atoms with Crippen LogP contribution in [0.2, 0.25) is 0 Å². The fourth-order valence-corrected chi connectivity index (χ4v) is 3.00. The molecule has 3 rings (SSSR count). The molecular formula is C18H22N4O2. The Bertz CT molecular complexity index is 800. The van der Waals surface area contributed by atoms with Crippen molar-refractivity contribution < 1.29 is 4.79 Å². The zero-order chi connectivity index (χ0) is 17.1. The monoisotopic (exact) mass is 326 g/mol. The van der Waals surface area contributed by atoms with E-state index in [-0.39, 0.29) is 17.4 Å². The number of nitrogens with one attached hydrogen (secondary N) is 1. The topological polar surface area (TPSA) is 67.2 Å². The summed E-state index contributed by atoms with van der Waals surface area (Å²) in [5.41, 5.74) is 2.94. The number of carbonyl (C=O) groups is 1. The van der Waals surface area contributed by atoms with E-state index in [1.54, 1.807) is 19.3 Å². The highest BCUT2D eigenvalue weighted by molar-refractivity contribution is 5.80. The summed E-state index contributed by atoms with van der Waals surface area (Å²) in [7, 11) is 1.62. The molecule has 0 saturated carbocycles. The van der Waals surface area contributed by atoms with Gasteiger partial charge in [0.15, 0.2) is 0 Å². The quantitative estimate of drug-likeness (QED) is 0.918. The van der Waals surface area contributed by atoms with Crippen molar-refractivity contribution >= 4 is 11.6 Å². The normalized spacial score (nSPS) is 17.1. The van der Waals surface area contributed by atoms with Gasteiger partial charge in [-0.25, -0.2) is 4.68 Å². The van der Waals surface area contributed by atoms with E-state index < -0.39 is 0 Å². The van der Waals surface area contributed by atoms with Crippen molar-refractivity contribution in [2.24, 2.45) is 13.0 Å². The third kappa shape index (κ3) is 3.64. The number of benzene rings is 1. The number of amides is 1. The van der Waals surface area contributed by atoms with Gasteiger partial charge in [0.1, 0.15) is 0 Å². The minimum atomic E-state index is -0.139. The molecule has 6 nitrogen and oxygen atoms in total. The van der Waals surface area contributed by atoms with Crippen LogP contribution in [0, 0.1) is 12.8 Å². The Balaban J connectivity index is 1.57. The van der Waals surface area contributed by atoms with Gasteiger partial charge in [-0.05, 0) is 18.9 Å². The summed E-state index contributed by atoms with van der Waals surface area (Å²) in [5, 5.41) is 7.05. The maximum absolute atomic E-state index is 12.4. The lowest BCUT2D eigenvalue weighted by Gasteiger charge is -2.18. The van der Waals surface area contributed by atoms with E-state index in [0.717, 1.165) is 24.2 Å². The average Bonchev–Trinajstić information content (AvgIpc) is 3.05. The molecule has 0 bridgehead atoms. The van der Waals surface area contributed by atoms with E-state index in [4.69, 9.17) is 0 Å². The second-order valence-corrected chi connectivity index (χ2v) is 6.31. The molecule has 1 amide bonds. The Morgan fingerprint density at radius 3 is 2.96 bits per heavy atom. The molecule has 126 valence electrons. The van der Waals surface area contributed by atoms with E-state index in [0.29, 0.717) is 13.1 Å². The van der Waals surface area contributed by atoms with E-state index in [9.17, 15) is 9.59 Å². The van der Waals surface area contributed by atoms with Crippen molar-refractivity contribution in [2.45, 2.75) is 19.9 Å². The SMILES string of the molecule is Cc1cccc(CNC(=O)C2CCN(c3cnn(C)c(=O)c3)C2)c1. The lowest BCUT2D eigenvalue weighted by atomic mass is 10.1. The van der Waals surface area contributed by atoms with Gasteiger partial charge in [-0.3, -0.25) is 9.59 Å². The predicted octanol–water partition coefficient (Wildman–Crippen LogP) is 1.23. The molecular weight excluding hydrogens is 304 g/mol. The zero-order valence-electron chi connectivity index (χ0n) is 14.0. The second kappa shape index (κ2) is 6.86. The number of aryl methyl sites for hydroxylation is 2. The van der Waals surface area contributed by atoms with Gasteiger partial charge in [0.25, 0.3) is 5.56 Å². The Hall–Kier alpha value is -2.63. The molecule has 0 spiro atoms. The first-order valence-electron chi connectivity index (χ1n) is 8.14. The molecule has 0 aliphatic carbocycles. The van der Waals surface area contributed by atoms with Gasteiger partial charge in [0.2, 0.25) is 5.91 Å². The number of hydrogen-bond acceptors (Lipinski definition) is 4. The molecule has 1 atom stereocenters. The van der Waals surface area contributed by atoms with Crippen LogP contribution in [-0.4, -0.2) is 28.8 Å². The number of aromatic nitrogens is 2. The summed E-state index contributed by atoms with van der Waals surface area (Å²) in [6, 6.07) is 9.70. The standard InChI is InChI=1S/C18H22N4O2/c1-13-4-3-5-14(8-13)10-19-18(24)15-6-7-22(12-15)16-9-17(23)21(2)20-11-16/h3-5,8-9,11,15H,6-7,10,12H2,1-2H3,(H,19,24). The van der Waals surface area contributed by atoms with Gasteiger partial charge in [0, 0.05) is 32.7 Å². The average molecular weight is 326 g/mol. The highest BCUT2D eigenvalue weighted by atomic mass is 16.2. The van der Waals surface area contributed by atoms with Crippen molar-refractivity contribution in [1.29, 1.82) is 0 Å². The van der Waals surface area contributed by atoms with Gasteiger partial charge in [0.05, 0.1) is 17.8 Å². The van der Waals surface area contributed by atoms with E-state index in [1.807, 2.05) is 30.0 Å². The summed E-state index contributed by atoms with van der Waals surface area (Å²) in [6.45, 7) is 3.97. The fourth-order valence-electron chi connectivity index (χ4n) is 3.00. The van der Waals surface area contributed by atoms with Gasteiger partial charge in [-0.1, -0.05) is 29.8 Å². The highest BCUT2D eigenvalue weighted by Crippen LogP contribution is 2.22. The van der Waals surface area contributed by atoms with Crippen molar-refractivity contribution in [3.63, 3.8) is 0 Å². The summed E-state index contributed by atoms with van der Waals surface area (Å²) in [4.78, 5) is 26.1. The molecule has 0 radical (unpaired) electrons. The van der Waals surface area contributed by atoms with Crippen LogP contribution in [0.4, 0.5) is 5.69 Å². The highest BCUT2D eigenvalue weighted by Gasteiger charge is 2.28. The maximum Gasteiger partial charge on any atom is 0.268 e. The van der Waals surface area contributed by atoms with Crippen LogP contribution < -0.4 is 15.8 Å². The molecule has 6 heteroatoms. The number of rotatable bonds is 4. The van der Waals surface area contributed by atoms with Gasteiger partial charge in [-0.15, -0.1) is 0 Å². The number of nitrogens with zero attached hydrogens (tertiary/aromatic N) is 3. The summed E-state index contributed by atoms with van der Waals surface area (Å²) in [6.07, 6.45) is 2.46. The lowest BCUT2D eigenvalue weighted by molar-refractivity contribution is -0.124. The third-order valence-corrected chi connectivity index (χ3v) is 4.43. The van der Waals surface area contributed by atoms with Crippen LogP contribution in [0.3, 0.4) is 0 Å². The summed E-state index contributed by atoms with van der Waals surface area (Å²) < 4.78 is 1.30. The molecule has 1 N–H and O–H groups in total. The summed E-state index contributed by atoms with van der Waals surface area (Å²) >= 11 is 0. The molecule has 1 aliphatic rings. The smallest absolute Gasteiger partial charge is 0.268 e. The first-order chi connectivity index (χ1) is 11.5. The van der Waals surface area contributed by atoms with Crippen LogP contribution >= 0.6 is 0 Å². The Labute approximate surface area is 141 Å². The minimum Gasteiger partial charge on any atom is -0.369 e. The van der Waals surface area contributed by atoms with Crippen LogP contribution in [0.15, 0.2) is 41.3 Å². The molecule has 1 aromatic heterocycles. The molecule has 24 heavy (non-hydrogen) atoms. The van der Waals surface area contributed by atoms with Gasteiger partial charge < -0.3 is 10.2 Å². The van der Waals surface area contributed by atoms with Crippen molar-refractivity contribution in [2.75, 3.05) is 18.0 Å². The predicted molar refractivity (Wildman–Crippen MR) is 92.8 cm³/mol. The Morgan fingerprint density at radius 2 is 2.21 bits per heavy atom. The number of carbonyl (C=O) groups excluding carboxylic acids is 1. The molecule has 2 aromatic rings. The minimum absolute atomic E-state index is 0.0566. The van der Waals surface area contributed by atoms with Crippen LogP contribution in [0.1, 0.15) is 17.5 Å². The summed E-state index contributed by atoms with van der Waals surface area (Å²) in [5.74, 6) is 0.00895. The van der Waals surface area contributed by atoms with E-state index in [2.05, 4.69) is 16.5 Å². The first-order valence-corrected chi connectivity index (χ1v) is 8.14. The third-order valence-electron chi connectivity index (χ3n) is 4.43. The zero-order valence-corrected chi connectivity index (χ0v) is 14.0. The Morgan fingerprint density at radius 1 is 1.38 bits per heavy atom.